The van der Waals surface area contributed by atoms with Crippen molar-refractivity contribution >= 4 is 15.7 Å². The molecule has 3 aliphatic rings. The summed E-state index contributed by atoms with van der Waals surface area (Å²) in [6.07, 6.45) is 2.47. The van der Waals surface area contributed by atoms with E-state index in [1.165, 1.54) is 12.8 Å². The van der Waals surface area contributed by atoms with Gasteiger partial charge in [0, 0.05) is 32.8 Å². The van der Waals surface area contributed by atoms with Gasteiger partial charge in [0.25, 0.3) is 5.91 Å². The van der Waals surface area contributed by atoms with E-state index in [0.717, 1.165) is 13.1 Å². The number of furan rings is 1. The number of fused-ring (bicyclic) bond motifs is 1. The van der Waals surface area contributed by atoms with E-state index in [1.54, 1.807) is 24.1 Å². The lowest BCUT2D eigenvalue weighted by atomic mass is 10.0. The summed E-state index contributed by atoms with van der Waals surface area (Å²) in [7, 11) is -1.55. The molecule has 1 aromatic heterocycles. The maximum Gasteiger partial charge on any atom is 0.289 e. The molecule has 4 rings (SSSR count). The molecular formula is C17H24N2O5S. The summed E-state index contributed by atoms with van der Waals surface area (Å²) in [5, 5.41) is 0. The predicted octanol–water partition coefficient (Wildman–Crippen LogP) is 0.759. The zero-order valence-electron chi connectivity index (χ0n) is 14.4. The standard InChI is InChI=1S/C17H24N2O5S/c1-23-9-13-4-5-16(24-13)17(20)19-7-6-18(8-12-2-3-12)14-10-25(21,22)11-15(14)19/h4-5,12,14-15H,2-3,6-11H2,1H3/t14-,15+/m1/s1. The molecule has 0 bridgehead atoms. The number of nitrogens with zero attached hydrogens (tertiary/aromatic N) is 2. The number of carbonyl (C=O) groups is 1. The van der Waals surface area contributed by atoms with Crippen molar-refractivity contribution in [1.82, 2.24) is 9.80 Å². The van der Waals surface area contributed by atoms with Gasteiger partial charge in [-0.05, 0) is 30.9 Å². The third-order valence-corrected chi connectivity index (χ3v) is 7.10. The number of hydrogen-bond acceptors (Lipinski definition) is 6. The van der Waals surface area contributed by atoms with E-state index in [2.05, 4.69) is 4.90 Å². The van der Waals surface area contributed by atoms with Crippen molar-refractivity contribution in [2.75, 3.05) is 38.2 Å². The van der Waals surface area contributed by atoms with Crippen LogP contribution in [0, 0.1) is 5.92 Å². The van der Waals surface area contributed by atoms with Crippen LogP contribution in [0.1, 0.15) is 29.2 Å². The highest BCUT2D eigenvalue weighted by atomic mass is 32.2. The van der Waals surface area contributed by atoms with Gasteiger partial charge in [0.2, 0.25) is 0 Å². The van der Waals surface area contributed by atoms with E-state index in [4.69, 9.17) is 9.15 Å². The molecule has 0 aromatic carbocycles. The normalized spacial score (nSPS) is 28.9. The lowest BCUT2D eigenvalue weighted by Crippen LogP contribution is -2.60. The first-order chi connectivity index (χ1) is 12.0. The lowest BCUT2D eigenvalue weighted by molar-refractivity contribution is 0.0290. The maximum atomic E-state index is 12.9. The minimum Gasteiger partial charge on any atom is -0.453 e. The highest BCUT2D eigenvalue weighted by molar-refractivity contribution is 7.91. The fourth-order valence-electron chi connectivity index (χ4n) is 3.99. The summed E-state index contributed by atoms with van der Waals surface area (Å²) in [6.45, 7) is 2.54. The summed E-state index contributed by atoms with van der Waals surface area (Å²) in [5.74, 6) is 1.53. The Kier molecular flexibility index (Phi) is 4.37. The molecule has 0 unspecified atom stereocenters. The number of piperazine rings is 1. The van der Waals surface area contributed by atoms with Gasteiger partial charge in [-0.3, -0.25) is 9.69 Å². The number of ether oxygens (including phenoxy) is 1. The van der Waals surface area contributed by atoms with Crippen LogP contribution >= 0.6 is 0 Å². The van der Waals surface area contributed by atoms with Gasteiger partial charge in [-0.15, -0.1) is 0 Å². The first-order valence-corrected chi connectivity index (χ1v) is 10.6. The predicted molar refractivity (Wildman–Crippen MR) is 91.0 cm³/mol. The van der Waals surface area contributed by atoms with Crippen molar-refractivity contribution in [2.45, 2.75) is 31.5 Å². The van der Waals surface area contributed by atoms with Gasteiger partial charge in [0.05, 0.1) is 17.5 Å². The van der Waals surface area contributed by atoms with Crippen LogP contribution in [-0.2, 0) is 21.2 Å². The van der Waals surface area contributed by atoms with Crippen LogP contribution < -0.4 is 0 Å². The molecular weight excluding hydrogens is 344 g/mol. The van der Waals surface area contributed by atoms with Crippen molar-refractivity contribution in [1.29, 1.82) is 0 Å². The molecule has 2 aliphatic heterocycles. The molecule has 0 spiro atoms. The molecule has 3 fully saturated rings. The fraction of sp³-hybridized carbons (Fsp3) is 0.706. The monoisotopic (exact) mass is 368 g/mol. The Morgan fingerprint density at radius 3 is 2.72 bits per heavy atom. The molecule has 7 nitrogen and oxygen atoms in total. The molecule has 1 aromatic rings. The van der Waals surface area contributed by atoms with Crippen LogP contribution in [0.25, 0.3) is 0 Å². The first-order valence-electron chi connectivity index (χ1n) is 8.80. The lowest BCUT2D eigenvalue weighted by Gasteiger charge is -2.43. The third kappa shape index (κ3) is 3.47. The topological polar surface area (TPSA) is 80.1 Å². The second-order valence-electron chi connectivity index (χ2n) is 7.35. The second kappa shape index (κ2) is 6.41. The highest BCUT2D eigenvalue weighted by Crippen LogP contribution is 2.34. The van der Waals surface area contributed by atoms with Gasteiger partial charge in [-0.25, -0.2) is 8.42 Å². The number of amides is 1. The highest BCUT2D eigenvalue weighted by Gasteiger charge is 2.49. The van der Waals surface area contributed by atoms with E-state index in [1.807, 2.05) is 0 Å². The van der Waals surface area contributed by atoms with Gasteiger partial charge in [0.1, 0.15) is 12.4 Å². The quantitative estimate of drug-likeness (QED) is 0.763. The molecule has 0 radical (unpaired) electrons. The van der Waals surface area contributed by atoms with Crippen LogP contribution in [0.2, 0.25) is 0 Å². The Bertz CT molecular complexity index is 755. The smallest absolute Gasteiger partial charge is 0.289 e. The Labute approximate surface area is 147 Å². The first kappa shape index (κ1) is 17.1. The molecule has 138 valence electrons. The van der Waals surface area contributed by atoms with E-state index >= 15 is 0 Å². The zero-order valence-corrected chi connectivity index (χ0v) is 15.2. The van der Waals surface area contributed by atoms with Gasteiger partial charge >= 0.3 is 0 Å². The van der Waals surface area contributed by atoms with Gasteiger partial charge < -0.3 is 14.1 Å². The molecule has 2 atom stereocenters. The van der Waals surface area contributed by atoms with E-state index in [-0.39, 0.29) is 35.3 Å². The Balaban J connectivity index is 1.54. The van der Waals surface area contributed by atoms with E-state index in [0.29, 0.717) is 24.8 Å². The van der Waals surface area contributed by atoms with Crippen molar-refractivity contribution < 1.29 is 22.4 Å². The van der Waals surface area contributed by atoms with Crippen molar-refractivity contribution in [3.63, 3.8) is 0 Å². The number of sulfone groups is 1. The van der Waals surface area contributed by atoms with Gasteiger partial charge in [-0.2, -0.15) is 0 Å². The molecule has 1 aliphatic carbocycles. The van der Waals surface area contributed by atoms with Crippen LogP contribution in [0.4, 0.5) is 0 Å². The SMILES string of the molecule is COCc1ccc(C(=O)N2CCN(CC3CC3)[C@@H]3CS(=O)(=O)C[C@@H]32)o1. The van der Waals surface area contributed by atoms with Crippen LogP contribution in [0.3, 0.4) is 0 Å². The van der Waals surface area contributed by atoms with Gasteiger partial charge in [0.15, 0.2) is 15.6 Å². The second-order valence-corrected chi connectivity index (χ2v) is 9.50. The molecule has 3 heterocycles. The molecule has 0 N–H and O–H groups in total. The zero-order chi connectivity index (χ0) is 17.6. The van der Waals surface area contributed by atoms with Crippen molar-refractivity contribution in [3.05, 3.63) is 23.7 Å². The summed E-state index contributed by atoms with van der Waals surface area (Å²) in [6, 6.07) is 3.01. The number of methoxy groups -OCH3 is 1. The average Bonchev–Trinajstić information content (AvgIpc) is 3.13. The molecule has 25 heavy (non-hydrogen) atoms. The molecule has 1 amide bonds. The molecule has 2 saturated heterocycles. The Hall–Kier alpha value is -1.38. The molecule has 1 saturated carbocycles. The minimum atomic E-state index is -3.12. The van der Waals surface area contributed by atoms with E-state index in [9.17, 15) is 13.2 Å². The maximum absolute atomic E-state index is 12.9. The van der Waals surface area contributed by atoms with E-state index < -0.39 is 9.84 Å². The fourth-order valence-corrected chi connectivity index (χ4v) is 6.00. The number of carbonyl (C=O) groups excluding carboxylic acids is 1. The summed E-state index contributed by atoms with van der Waals surface area (Å²) < 4.78 is 35.0. The number of hydrogen-bond donors (Lipinski definition) is 0. The Morgan fingerprint density at radius 2 is 2.00 bits per heavy atom. The van der Waals surface area contributed by atoms with Crippen LogP contribution in [-0.4, -0.2) is 74.5 Å². The Morgan fingerprint density at radius 1 is 1.24 bits per heavy atom. The van der Waals surface area contributed by atoms with Crippen molar-refractivity contribution in [2.24, 2.45) is 5.92 Å². The largest absolute Gasteiger partial charge is 0.453 e. The van der Waals surface area contributed by atoms with Crippen molar-refractivity contribution in [3.8, 4) is 0 Å². The van der Waals surface area contributed by atoms with Crippen LogP contribution in [0.5, 0.6) is 0 Å². The van der Waals surface area contributed by atoms with Gasteiger partial charge in [-0.1, -0.05) is 0 Å². The molecule has 8 heteroatoms. The van der Waals surface area contributed by atoms with Crippen LogP contribution in [0.15, 0.2) is 16.5 Å². The minimum absolute atomic E-state index is 0.0518. The summed E-state index contributed by atoms with van der Waals surface area (Å²) in [4.78, 5) is 16.9. The third-order valence-electron chi connectivity index (χ3n) is 5.40. The summed E-state index contributed by atoms with van der Waals surface area (Å²) in [5.41, 5.74) is 0. The summed E-state index contributed by atoms with van der Waals surface area (Å²) >= 11 is 0. The number of rotatable bonds is 5. The average molecular weight is 368 g/mol.